The molecule has 1 aromatic heterocycles. The van der Waals surface area contributed by atoms with Gasteiger partial charge < -0.3 is 4.43 Å². The molecule has 0 spiro atoms. The van der Waals surface area contributed by atoms with Crippen LogP contribution in [0.3, 0.4) is 0 Å². The lowest BCUT2D eigenvalue weighted by atomic mass is 10.0. The van der Waals surface area contributed by atoms with Crippen molar-refractivity contribution in [3.05, 3.63) is 48.3 Å². The van der Waals surface area contributed by atoms with Gasteiger partial charge in [-0.15, -0.1) is 0 Å². The highest BCUT2D eigenvalue weighted by Crippen LogP contribution is 2.40. The largest absolute Gasteiger partial charge is 0.543 e. The minimum atomic E-state index is -1.85. The number of hydrogen-bond acceptors (Lipinski definition) is 2. The van der Waals surface area contributed by atoms with Crippen LogP contribution in [0.2, 0.25) is 18.1 Å². The Kier molecular flexibility index (Phi) is 4.24. The Balaban J connectivity index is 2.47. The van der Waals surface area contributed by atoms with Crippen LogP contribution in [0.5, 0.6) is 5.75 Å². The van der Waals surface area contributed by atoms with Crippen LogP contribution in [0.1, 0.15) is 26.3 Å². The molecule has 3 heteroatoms. The van der Waals surface area contributed by atoms with Crippen LogP contribution in [0.4, 0.5) is 0 Å². The van der Waals surface area contributed by atoms with Gasteiger partial charge in [0.15, 0.2) is 0 Å². The molecule has 2 nitrogen and oxygen atoms in total. The van der Waals surface area contributed by atoms with Gasteiger partial charge >= 0.3 is 0 Å². The van der Waals surface area contributed by atoms with Gasteiger partial charge in [-0.05, 0) is 54.4 Å². The molecule has 0 N–H and O–H groups in total. The lowest BCUT2D eigenvalue weighted by molar-refractivity contribution is 0.493. The maximum absolute atomic E-state index is 6.55. The van der Waals surface area contributed by atoms with Crippen molar-refractivity contribution in [1.82, 2.24) is 4.98 Å². The number of aromatic nitrogens is 1. The fraction of sp³-hybridized carbons (Fsp3) is 0.389. The van der Waals surface area contributed by atoms with Gasteiger partial charge in [0.2, 0.25) is 0 Å². The lowest BCUT2D eigenvalue weighted by Gasteiger charge is -2.37. The van der Waals surface area contributed by atoms with Gasteiger partial charge in [0.25, 0.3) is 8.32 Å². The van der Waals surface area contributed by atoms with Crippen LogP contribution >= 0.6 is 0 Å². The molecule has 21 heavy (non-hydrogen) atoms. The zero-order chi connectivity index (χ0) is 15.7. The molecule has 0 aliphatic carbocycles. The van der Waals surface area contributed by atoms with Crippen LogP contribution in [-0.2, 0) is 0 Å². The van der Waals surface area contributed by atoms with E-state index in [1.165, 1.54) is 5.56 Å². The average Bonchev–Trinajstić information content (AvgIpc) is 2.38. The van der Waals surface area contributed by atoms with Crippen molar-refractivity contribution < 1.29 is 4.43 Å². The molecule has 0 bridgehead atoms. The van der Waals surface area contributed by atoms with Gasteiger partial charge in [0.05, 0.1) is 0 Å². The number of benzene rings is 1. The SMILES string of the molecule is Cc1ccc(-c2ccncc2)c(O[Si](C)(C)C(C)(C)C)c1. The minimum absolute atomic E-state index is 0.187. The summed E-state index contributed by atoms with van der Waals surface area (Å²) >= 11 is 0. The summed E-state index contributed by atoms with van der Waals surface area (Å²) in [6.07, 6.45) is 3.65. The molecule has 2 rings (SSSR count). The normalized spacial score (nSPS) is 12.3. The molecule has 1 aromatic carbocycles. The number of rotatable bonds is 3. The highest BCUT2D eigenvalue weighted by molar-refractivity contribution is 6.74. The van der Waals surface area contributed by atoms with Crippen molar-refractivity contribution in [1.29, 1.82) is 0 Å². The summed E-state index contributed by atoms with van der Waals surface area (Å²) in [4.78, 5) is 4.10. The Hall–Kier alpha value is -1.61. The molecule has 0 aliphatic rings. The molecule has 0 radical (unpaired) electrons. The van der Waals surface area contributed by atoms with E-state index >= 15 is 0 Å². The van der Waals surface area contributed by atoms with Crippen LogP contribution < -0.4 is 4.43 Å². The Bertz CT molecular complexity index is 615. The van der Waals surface area contributed by atoms with Gasteiger partial charge in [0, 0.05) is 18.0 Å². The first-order valence-corrected chi connectivity index (χ1v) is 10.3. The van der Waals surface area contributed by atoms with Gasteiger partial charge in [-0.1, -0.05) is 32.9 Å². The van der Waals surface area contributed by atoms with E-state index in [0.717, 1.165) is 16.9 Å². The van der Waals surface area contributed by atoms with E-state index in [1.807, 2.05) is 24.5 Å². The number of nitrogens with zero attached hydrogens (tertiary/aromatic N) is 1. The van der Waals surface area contributed by atoms with Gasteiger partial charge in [-0.25, -0.2) is 0 Å². The molecular weight excluding hydrogens is 274 g/mol. The van der Waals surface area contributed by atoms with Crippen molar-refractivity contribution in [2.75, 3.05) is 0 Å². The Morgan fingerprint density at radius 2 is 1.62 bits per heavy atom. The Labute approximate surface area is 129 Å². The zero-order valence-electron chi connectivity index (χ0n) is 13.9. The van der Waals surface area contributed by atoms with Gasteiger partial charge in [-0.2, -0.15) is 0 Å². The third-order valence-electron chi connectivity index (χ3n) is 4.30. The van der Waals surface area contributed by atoms with E-state index in [-0.39, 0.29) is 5.04 Å². The molecule has 0 saturated heterocycles. The summed E-state index contributed by atoms with van der Waals surface area (Å²) in [5, 5.41) is 0.187. The summed E-state index contributed by atoms with van der Waals surface area (Å²) in [5.74, 6) is 0.993. The van der Waals surface area contributed by atoms with Gasteiger partial charge in [0.1, 0.15) is 5.75 Å². The van der Waals surface area contributed by atoms with Crippen molar-refractivity contribution >= 4 is 8.32 Å². The van der Waals surface area contributed by atoms with Crippen molar-refractivity contribution in [3.8, 4) is 16.9 Å². The minimum Gasteiger partial charge on any atom is -0.543 e. The maximum Gasteiger partial charge on any atom is 0.250 e. The lowest BCUT2D eigenvalue weighted by Crippen LogP contribution is -2.44. The molecule has 0 fully saturated rings. The maximum atomic E-state index is 6.55. The molecular formula is C18H25NOSi. The number of hydrogen-bond donors (Lipinski definition) is 0. The van der Waals surface area contributed by atoms with E-state index in [0.29, 0.717) is 0 Å². The summed E-state index contributed by atoms with van der Waals surface area (Å²) in [5.41, 5.74) is 3.52. The quantitative estimate of drug-likeness (QED) is 0.704. The zero-order valence-corrected chi connectivity index (χ0v) is 14.9. The van der Waals surface area contributed by atoms with Crippen LogP contribution in [-0.4, -0.2) is 13.3 Å². The first-order valence-electron chi connectivity index (χ1n) is 7.41. The molecule has 0 atom stereocenters. The summed E-state index contributed by atoms with van der Waals surface area (Å²) in [6, 6.07) is 10.5. The second-order valence-electron chi connectivity index (χ2n) is 7.10. The van der Waals surface area contributed by atoms with Crippen LogP contribution in [0, 0.1) is 6.92 Å². The highest BCUT2D eigenvalue weighted by Gasteiger charge is 2.39. The van der Waals surface area contributed by atoms with Crippen molar-refractivity contribution in [2.45, 2.75) is 45.8 Å². The van der Waals surface area contributed by atoms with E-state index in [1.54, 1.807) is 0 Å². The van der Waals surface area contributed by atoms with Crippen LogP contribution in [0.15, 0.2) is 42.7 Å². The predicted octanol–water partition coefficient (Wildman–Crippen LogP) is 5.44. The third-order valence-corrected chi connectivity index (χ3v) is 8.64. The summed E-state index contributed by atoms with van der Waals surface area (Å²) < 4.78 is 6.55. The Morgan fingerprint density at radius 1 is 1.00 bits per heavy atom. The summed E-state index contributed by atoms with van der Waals surface area (Å²) in [7, 11) is -1.85. The molecule has 112 valence electrons. The number of aryl methyl sites for hydroxylation is 1. The summed E-state index contributed by atoms with van der Waals surface area (Å²) in [6.45, 7) is 13.5. The topological polar surface area (TPSA) is 22.1 Å². The molecule has 0 unspecified atom stereocenters. The third kappa shape index (κ3) is 3.53. The Morgan fingerprint density at radius 3 is 2.19 bits per heavy atom. The monoisotopic (exact) mass is 299 g/mol. The first kappa shape index (κ1) is 15.8. The second-order valence-corrected chi connectivity index (χ2v) is 11.8. The second kappa shape index (κ2) is 5.64. The fourth-order valence-corrected chi connectivity index (χ4v) is 2.94. The van der Waals surface area contributed by atoms with Crippen LogP contribution in [0.25, 0.3) is 11.1 Å². The van der Waals surface area contributed by atoms with E-state index in [2.05, 4.69) is 64.0 Å². The van der Waals surface area contributed by atoms with Crippen molar-refractivity contribution in [3.63, 3.8) is 0 Å². The average molecular weight is 299 g/mol. The van der Waals surface area contributed by atoms with E-state index in [4.69, 9.17) is 4.43 Å². The smallest absolute Gasteiger partial charge is 0.250 e. The first-order chi connectivity index (χ1) is 9.71. The number of pyridine rings is 1. The molecule has 0 saturated carbocycles. The fourth-order valence-electron chi connectivity index (χ4n) is 1.91. The van der Waals surface area contributed by atoms with E-state index in [9.17, 15) is 0 Å². The predicted molar refractivity (Wildman–Crippen MR) is 92.2 cm³/mol. The van der Waals surface area contributed by atoms with Crippen molar-refractivity contribution in [2.24, 2.45) is 0 Å². The molecule has 0 amide bonds. The van der Waals surface area contributed by atoms with Gasteiger partial charge in [-0.3, -0.25) is 4.98 Å². The molecule has 0 aliphatic heterocycles. The van der Waals surface area contributed by atoms with E-state index < -0.39 is 8.32 Å². The molecule has 1 heterocycles. The highest BCUT2D eigenvalue weighted by atomic mass is 28.4. The molecule has 2 aromatic rings. The standard InChI is InChI=1S/C18H25NOSi/c1-14-7-8-16(15-9-11-19-12-10-15)17(13-14)20-21(5,6)18(2,3)4/h7-13H,1-6H3.